The van der Waals surface area contributed by atoms with Crippen LogP contribution in [-0.2, 0) is 65.4 Å². The lowest BCUT2D eigenvalue weighted by molar-refractivity contribution is -0.161. The van der Waals surface area contributed by atoms with Crippen molar-refractivity contribution in [2.75, 3.05) is 39.6 Å². The van der Waals surface area contributed by atoms with E-state index in [-0.39, 0.29) is 25.7 Å². The first-order valence-corrected chi connectivity index (χ1v) is 40.6. The molecule has 0 aliphatic rings. The fraction of sp³-hybridized carbons (Fsp3) is 0.890. The number of rotatable bonds is 72. The number of allylic oxidation sites excluding steroid dienone is 4. The molecule has 0 aromatic carbocycles. The first-order chi connectivity index (χ1) is 44.7. The molecule has 92 heavy (non-hydrogen) atoms. The van der Waals surface area contributed by atoms with Crippen LogP contribution in [0.1, 0.15) is 362 Å². The van der Waals surface area contributed by atoms with Gasteiger partial charge in [-0.05, 0) is 57.8 Å². The van der Waals surface area contributed by atoms with Crippen molar-refractivity contribution in [2.24, 2.45) is 0 Å². The Morgan fingerprint density at radius 2 is 0.533 bits per heavy atom. The number of unbranched alkanes of at least 4 members (excludes halogenated alkanes) is 42. The fourth-order valence-electron chi connectivity index (χ4n) is 10.7. The van der Waals surface area contributed by atoms with Gasteiger partial charge in [-0.1, -0.05) is 302 Å². The van der Waals surface area contributed by atoms with Crippen LogP contribution in [0.3, 0.4) is 0 Å². The highest BCUT2D eigenvalue weighted by Gasteiger charge is 2.30. The molecular formula is C73H138O17P2. The summed E-state index contributed by atoms with van der Waals surface area (Å²) in [5, 5.41) is 10.6. The molecule has 0 radical (unpaired) electrons. The van der Waals surface area contributed by atoms with Crippen molar-refractivity contribution in [3.63, 3.8) is 0 Å². The number of phosphoric acid groups is 2. The predicted octanol–water partition coefficient (Wildman–Crippen LogP) is 21.0. The molecule has 19 heteroatoms. The topological polar surface area (TPSA) is 237 Å². The normalized spacial score (nSPS) is 14.1. The molecule has 542 valence electrons. The molecule has 0 rings (SSSR count). The van der Waals surface area contributed by atoms with E-state index < -0.39 is 97.5 Å². The molecule has 0 spiro atoms. The van der Waals surface area contributed by atoms with Crippen molar-refractivity contribution in [1.82, 2.24) is 0 Å². The summed E-state index contributed by atoms with van der Waals surface area (Å²) in [6.45, 7) is 4.89. The van der Waals surface area contributed by atoms with Gasteiger partial charge in [-0.15, -0.1) is 0 Å². The van der Waals surface area contributed by atoms with Crippen molar-refractivity contribution >= 4 is 39.5 Å². The number of aliphatic hydroxyl groups excluding tert-OH is 1. The molecule has 0 fully saturated rings. The molecule has 0 aromatic rings. The van der Waals surface area contributed by atoms with Crippen LogP contribution in [0, 0.1) is 0 Å². The summed E-state index contributed by atoms with van der Waals surface area (Å²) in [5.74, 6) is -2.14. The number of carbonyl (C=O) groups excluding carboxylic acids is 4. The first-order valence-electron chi connectivity index (χ1n) is 37.6. The van der Waals surface area contributed by atoms with E-state index in [2.05, 4.69) is 52.0 Å². The van der Waals surface area contributed by atoms with E-state index >= 15 is 0 Å². The van der Waals surface area contributed by atoms with Crippen LogP contribution in [0.25, 0.3) is 0 Å². The Labute approximate surface area is 561 Å². The maximum atomic E-state index is 13.0. The molecular weight excluding hydrogens is 1210 g/mol. The van der Waals surface area contributed by atoms with E-state index in [1.807, 2.05) is 0 Å². The second-order valence-corrected chi connectivity index (χ2v) is 28.5. The molecule has 0 aliphatic carbocycles. The van der Waals surface area contributed by atoms with Crippen molar-refractivity contribution in [2.45, 2.75) is 380 Å². The highest BCUT2D eigenvalue weighted by molar-refractivity contribution is 7.47. The molecule has 0 saturated carbocycles. The minimum absolute atomic E-state index is 0.101. The summed E-state index contributed by atoms with van der Waals surface area (Å²) in [6, 6.07) is 0. The van der Waals surface area contributed by atoms with Crippen molar-refractivity contribution in [3.05, 3.63) is 24.3 Å². The zero-order valence-electron chi connectivity index (χ0n) is 59.0. The van der Waals surface area contributed by atoms with Crippen LogP contribution < -0.4 is 0 Å². The van der Waals surface area contributed by atoms with Crippen molar-refractivity contribution in [3.8, 4) is 0 Å². The van der Waals surface area contributed by atoms with Crippen molar-refractivity contribution in [1.29, 1.82) is 0 Å². The van der Waals surface area contributed by atoms with Gasteiger partial charge in [0, 0.05) is 25.7 Å². The quantitative estimate of drug-likeness (QED) is 0.0169. The lowest BCUT2D eigenvalue weighted by Crippen LogP contribution is -2.30. The Morgan fingerprint density at radius 1 is 0.304 bits per heavy atom. The third kappa shape index (κ3) is 66.2. The highest BCUT2D eigenvalue weighted by Crippen LogP contribution is 2.45. The third-order valence-electron chi connectivity index (χ3n) is 16.4. The molecule has 3 N–H and O–H groups in total. The number of phosphoric ester groups is 2. The molecule has 0 amide bonds. The Morgan fingerprint density at radius 3 is 0.826 bits per heavy atom. The van der Waals surface area contributed by atoms with E-state index in [4.69, 9.17) is 37.0 Å². The van der Waals surface area contributed by atoms with E-state index in [0.29, 0.717) is 25.7 Å². The van der Waals surface area contributed by atoms with Crippen LogP contribution >= 0.6 is 15.6 Å². The Hall–Kier alpha value is -2.46. The largest absolute Gasteiger partial charge is 0.472 e. The molecule has 5 unspecified atom stereocenters. The lowest BCUT2D eigenvalue weighted by atomic mass is 10.0. The van der Waals surface area contributed by atoms with Gasteiger partial charge in [0.1, 0.15) is 19.3 Å². The van der Waals surface area contributed by atoms with E-state index in [1.54, 1.807) is 0 Å². The predicted molar refractivity (Wildman–Crippen MR) is 372 cm³/mol. The van der Waals surface area contributed by atoms with E-state index in [9.17, 15) is 43.2 Å². The van der Waals surface area contributed by atoms with Gasteiger partial charge in [-0.3, -0.25) is 37.3 Å². The summed E-state index contributed by atoms with van der Waals surface area (Å²) >= 11 is 0. The van der Waals surface area contributed by atoms with E-state index in [1.165, 1.54) is 167 Å². The average Bonchev–Trinajstić information content (AvgIpc) is 2.55. The standard InChI is InChI=1S/C73H138O17P2/c1-5-9-13-17-21-25-29-31-33-35-39-41-45-49-53-57-70(75)83-63-68(89-72(77)59-55-51-47-43-37-27-23-19-15-11-7-3)65-87-91(79,80)85-61-67(74)62-86-92(81,82)88-66-69(90-73(78)60-56-52-48-44-38-28-24-20-16-12-8-4)64-84-71(76)58-54-50-46-42-40-36-34-32-30-26-22-18-14-10-6-2/h21,25,31,33,67-69,74H,5-20,22-24,26-30,32,34-66H2,1-4H3,(H,79,80)(H,81,82)/b25-21-,33-31-. The number of carbonyl (C=O) groups is 4. The second-order valence-electron chi connectivity index (χ2n) is 25.6. The van der Waals surface area contributed by atoms with Gasteiger partial charge in [-0.2, -0.15) is 0 Å². The molecule has 0 heterocycles. The number of ether oxygens (including phenoxy) is 4. The Balaban J connectivity index is 5.25. The van der Waals surface area contributed by atoms with Crippen LogP contribution in [0.4, 0.5) is 0 Å². The number of hydrogen-bond donors (Lipinski definition) is 3. The maximum absolute atomic E-state index is 13.0. The maximum Gasteiger partial charge on any atom is 0.472 e. The molecule has 0 aromatic heterocycles. The average molecular weight is 1350 g/mol. The molecule has 5 atom stereocenters. The summed E-state index contributed by atoms with van der Waals surface area (Å²) in [7, 11) is -9.91. The molecule has 0 saturated heterocycles. The van der Waals surface area contributed by atoms with Gasteiger partial charge in [0.25, 0.3) is 0 Å². The Bertz CT molecular complexity index is 1850. The zero-order chi connectivity index (χ0) is 67.5. The first kappa shape index (κ1) is 89.5. The monoisotopic (exact) mass is 1350 g/mol. The summed E-state index contributed by atoms with van der Waals surface area (Å²) in [6.07, 6.45) is 58.9. The zero-order valence-corrected chi connectivity index (χ0v) is 60.8. The van der Waals surface area contributed by atoms with Crippen molar-refractivity contribution < 1.29 is 80.2 Å². The molecule has 0 aliphatic heterocycles. The number of aliphatic hydroxyl groups is 1. The number of esters is 4. The van der Waals surface area contributed by atoms with Crippen LogP contribution in [0.5, 0.6) is 0 Å². The van der Waals surface area contributed by atoms with E-state index in [0.717, 1.165) is 116 Å². The SMILES string of the molecule is CCCCC/C=C\C/C=C\CCCCCCCC(=O)OCC(COP(=O)(O)OCC(O)COP(=O)(O)OCC(COC(=O)CCCCCCCCCCCCCCCCC)OC(=O)CCCCCCCCCCCCC)OC(=O)CCCCCCCCCCCCC. The summed E-state index contributed by atoms with van der Waals surface area (Å²) < 4.78 is 68.3. The molecule has 0 bridgehead atoms. The summed E-state index contributed by atoms with van der Waals surface area (Å²) in [5.41, 5.74) is 0. The van der Waals surface area contributed by atoms with Gasteiger partial charge in [-0.25, -0.2) is 9.13 Å². The van der Waals surface area contributed by atoms with Gasteiger partial charge < -0.3 is 33.8 Å². The third-order valence-corrected chi connectivity index (χ3v) is 18.4. The lowest BCUT2D eigenvalue weighted by Gasteiger charge is -2.21. The highest BCUT2D eigenvalue weighted by atomic mass is 31.2. The van der Waals surface area contributed by atoms with Crippen LogP contribution in [0.2, 0.25) is 0 Å². The van der Waals surface area contributed by atoms with Crippen LogP contribution in [0.15, 0.2) is 24.3 Å². The fourth-order valence-corrected chi connectivity index (χ4v) is 12.2. The minimum atomic E-state index is -4.96. The second kappa shape index (κ2) is 67.1. The van der Waals surface area contributed by atoms with Gasteiger partial charge in [0.05, 0.1) is 26.4 Å². The number of hydrogen-bond acceptors (Lipinski definition) is 15. The minimum Gasteiger partial charge on any atom is -0.462 e. The van der Waals surface area contributed by atoms with Gasteiger partial charge in [0.15, 0.2) is 12.2 Å². The smallest absolute Gasteiger partial charge is 0.462 e. The Kier molecular flexibility index (Phi) is 65.3. The van der Waals surface area contributed by atoms with Crippen LogP contribution in [-0.4, -0.2) is 96.7 Å². The molecule has 17 nitrogen and oxygen atoms in total. The van der Waals surface area contributed by atoms with Gasteiger partial charge >= 0.3 is 39.5 Å². The van der Waals surface area contributed by atoms with Gasteiger partial charge in [0.2, 0.25) is 0 Å². The summed E-state index contributed by atoms with van der Waals surface area (Å²) in [4.78, 5) is 72.6.